The fourth-order valence-electron chi connectivity index (χ4n) is 1.68. The van der Waals surface area contributed by atoms with Crippen LogP contribution in [0.2, 0.25) is 0 Å². The molecule has 1 N–H and O–H groups in total. The Bertz CT molecular complexity index is 527. The first-order chi connectivity index (χ1) is 7.96. The third-order valence-electron chi connectivity index (χ3n) is 2.58. The lowest BCUT2D eigenvalue weighted by Crippen LogP contribution is -2.24. The maximum Gasteiger partial charge on any atom is 0.229 e. The van der Waals surface area contributed by atoms with Gasteiger partial charge < -0.3 is 5.32 Å². The Hall–Kier alpha value is -0.700. The molecule has 1 aromatic heterocycles. The Balaban J connectivity index is 2.01. The summed E-state index contributed by atoms with van der Waals surface area (Å²) in [6.45, 7) is 0. The zero-order chi connectivity index (χ0) is 12.5. The van der Waals surface area contributed by atoms with Gasteiger partial charge in [0.15, 0.2) is 9.84 Å². The average molecular weight is 366 g/mol. The van der Waals surface area contributed by atoms with Gasteiger partial charge in [-0.1, -0.05) is 0 Å². The van der Waals surface area contributed by atoms with Crippen molar-refractivity contribution in [3.8, 4) is 0 Å². The van der Waals surface area contributed by atoms with Crippen molar-refractivity contribution in [3.05, 3.63) is 21.9 Å². The van der Waals surface area contributed by atoms with Crippen LogP contribution in [-0.4, -0.2) is 30.8 Å². The van der Waals surface area contributed by atoms with Gasteiger partial charge in [0.05, 0.1) is 17.4 Å². The van der Waals surface area contributed by atoms with E-state index in [0.29, 0.717) is 12.2 Å². The molecule has 0 radical (unpaired) electrons. The number of nitrogens with zero attached hydrogens (tertiary/aromatic N) is 1. The summed E-state index contributed by atoms with van der Waals surface area (Å²) in [7, 11) is -3.02. The molecule has 0 bridgehead atoms. The molecule has 1 aliphatic rings. The summed E-state index contributed by atoms with van der Waals surface area (Å²) in [6, 6.07) is 3.53. The second kappa shape index (κ2) is 4.89. The van der Waals surface area contributed by atoms with Gasteiger partial charge in [-0.15, -0.1) is 0 Å². The molecule has 1 amide bonds. The van der Waals surface area contributed by atoms with Crippen molar-refractivity contribution in [2.24, 2.45) is 5.92 Å². The van der Waals surface area contributed by atoms with E-state index in [4.69, 9.17) is 0 Å². The third kappa shape index (κ3) is 3.38. The van der Waals surface area contributed by atoms with Gasteiger partial charge in [-0.05, 0) is 41.1 Å². The highest BCUT2D eigenvalue weighted by Gasteiger charge is 2.32. The minimum atomic E-state index is -3.02. The van der Waals surface area contributed by atoms with Gasteiger partial charge in [-0.25, -0.2) is 13.4 Å². The van der Waals surface area contributed by atoms with Crippen LogP contribution in [-0.2, 0) is 14.6 Å². The number of amides is 1. The maximum absolute atomic E-state index is 11.8. The fraction of sp³-hybridized carbons (Fsp3) is 0.400. The number of halogens is 1. The SMILES string of the molecule is O=C(Nc1ccc(I)cn1)C1CCS(=O)(=O)C1. The largest absolute Gasteiger partial charge is 0.310 e. The number of aromatic nitrogens is 1. The summed E-state index contributed by atoms with van der Waals surface area (Å²) in [6.07, 6.45) is 2.04. The van der Waals surface area contributed by atoms with Crippen molar-refractivity contribution in [2.45, 2.75) is 6.42 Å². The highest BCUT2D eigenvalue weighted by atomic mass is 127. The Labute approximate surface area is 113 Å². The van der Waals surface area contributed by atoms with Crippen LogP contribution in [0.4, 0.5) is 5.82 Å². The summed E-state index contributed by atoms with van der Waals surface area (Å²) in [5.41, 5.74) is 0. The van der Waals surface area contributed by atoms with Gasteiger partial charge >= 0.3 is 0 Å². The first-order valence-corrected chi connectivity index (χ1v) is 7.99. The molecular formula is C10H11IN2O3S. The van der Waals surface area contributed by atoms with Gasteiger partial charge in [0.25, 0.3) is 0 Å². The van der Waals surface area contributed by atoms with Gasteiger partial charge in [0, 0.05) is 9.77 Å². The molecule has 0 spiro atoms. The van der Waals surface area contributed by atoms with Crippen LogP contribution < -0.4 is 5.32 Å². The lowest BCUT2D eigenvalue weighted by Gasteiger charge is -2.08. The summed E-state index contributed by atoms with van der Waals surface area (Å²) >= 11 is 2.12. The normalized spacial score (nSPS) is 22.3. The molecule has 1 unspecified atom stereocenters. The Morgan fingerprint density at radius 1 is 1.47 bits per heavy atom. The molecule has 0 aliphatic carbocycles. The monoisotopic (exact) mass is 366 g/mol. The van der Waals surface area contributed by atoms with Crippen LogP contribution in [0, 0.1) is 9.49 Å². The van der Waals surface area contributed by atoms with E-state index in [2.05, 4.69) is 32.9 Å². The molecule has 7 heteroatoms. The zero-order valence-corrected chi connectivity index (χ0v) is 11.9. The van der Waals surface area contributed by atoms with Crippen LogP contribution in [0.25, 0.3) is 0 Å². The van der Waals surface area contributed by atoms with Gasteiger partial charge in [0.1, 0.15) is 5.82 Å². The topological polar surface area (TPSA) is 76.1 Å². The Morgan fingerprint density at radius 2 is 2.24 bits per heavy atom. The lowest BCUT2D eigenvalue weighted by molar-refractivity contribution is -0.119. The van der Waals surface area contributed by atoms with Crippen molar-refractivity contribution in [3.63, 3.8) is 0 Å². The minimum Gasteiger partial charge on any atom is -0.310 e. The van der Waals surface area contributed by atoms with E-state index in [-0.39, 0.29) is 17.4 Å². The summed E-state index contributed by atoms with van der Waals surface area (Å²) in [5, 5.41) is 2.63. The van der Waals surface area contributed by atoms with Crippen LogP contribution in [0.15, 0.2) is 18.3 Å². The molecule has 0 saturated carbocycles. The fourth-order valence-corrected chi connectivity index (χ4v) is 3.74. The maximum atomic E-state index is 11.8. The van der Waals surface area contributed by atoms with E-state index in [1.54, 1.807) is 12.3 Å². The molecule has 92 valence electrons. The predicted molar refractivity (Wildman–Crippen MR) is 72.3 cm³/mol. The van der Waals surface area contributed by atoms with Gasteiger partial charge in [-0.2, -0.15) is 0 Å². The molecule has 1 aliphatic heterocycles. The van der Waals surface area contributed by atoms with Crippen LogP contribution in [0.1, 0.15) is 6.42 Å². The number of hydrogen-bond donors (Lipinski definition) is 1. The summed E-state index contributed by atoms with van der Waals surface area (Å²) in [5.74, 6) is -0.199. The molecule has 1 fully saturated rings. The zero-order valence-electron chi connectivity index (χ0n) is 8.89. The van der Waals surface area contributed by atoms with Crippen LogP contribution in [0.3, 0.4) is 0 Å². The van der Waals surface area contributed by atoms with E-state index in [1.807, 2.05) is 6.07 Å². The van der Waals surface area contributed by atoms with Crippen LogP contribution in [0.5, 0.6) is 0 Å². The standard InChI is InChI=1S/C10H11IN2O3S/c11-8-1-2-9(12-5-8)13-10(14)7-3-4-17(15,16)6-7/h1-2,5,7H,3-4,6H2,(H,12,13,14). The molecule has 5 nitrogen and oxygen atoms in total. The van der Waals surface area contributed by atoms with Gasteiger partial charge in [-0.3, -0.25) is 4.79 Å². The number of nitrogens with one attached hydrogen (secondary N) is 1. The summed E-state index contributed by atoms with van der Waals surface area (Å²) < 4.78 is 23.5. The Kier molecular flexibility index (Phi) is 3.67. The predicted octanol–water partition coefficient (Wildman–Crippen LogP) is 1.06. The molecule has 1 aromatic rings. The number of anilines is 1. The minimum absolute atomic E-state index is 0.0524. The molecular weight excluding hydrogens is 355 g/mol. The number of rotatable bonds is 2. The number of pyridine rings is 1. The molecule has 0 aromatic carbocycles. The van der Waals surface area contributed by atoms with E-state index < -0.39 is 15.8 Å². The third-order valence-corrected chi connectivity index (χ3v) is 4.99. The van der Waals surface area contributed by atoms with E-state index in [1.165, 1.54) is 0 Å². The first-order valence-electron chi connectivity index (χ1n) is 5.09. The van der Waals surface area contributed by atoms with E-state index >= 15 is 0 Å². The van der Waals surface area contributed by atoms with Crippen molar-refractivity contribution >= 4 is 44.2 Å². The molecule has 2 heterocycles. The van der Waals surface area contributed by atoms with Crippen molar-refractivity contribution in [1.82, 2.24) is 4.98 Å². The molecule has 17 heavy (non-hydrogen) atoms. The second-order valence-electron chi connectivity index (χ2n) is 3.95. The molecule has 1 saturated heterocycles. The number of carbonyl (C=O) groups excluding carboxylic acids is 1. The molecule has 2 rings (SSSR count). The lowest BCUT2D eigenvalue weighted by atomic mass is 10.1. The number of hydrogen-bond acceptors (Lipinski definition) is 4. The molecule has 1 atom stereocenters. The second-order valence-corrected chi connectivity index (χ2v) is 7.43. The summed E-state index contributed by atoms with van der Waals surface area (Å²) in [4.78, 5) is 15.8. The first kappa shape index (κ1) is 12.7. The van der Waals surface area contributed by atoms with Gasteiger partial charge in [0.2, 0.25) is 5.91 Å². The average Bonchev–Trinajstić information content (AvgIpc) is 2.62. The smallest absolute Gasteiger partial charge is 0.229 e. The highest BCUT2D eigenvalue weighted by molar-refractivity contribution is 14.1. The quantitative estimate of drug-likeness (QED) is 0.795. The van der Waals surface area contributed by atoms with E-state index in [0.717, 1.165) is 3.57 Å². The van der Waals surface area contributed by atoms with Crippen molar-refractivity contribution in [1.29, 1.82) is 0 Å². The number of carbonyl (C=O) groups is 1. The van der Waals surface area contributed by atoms with Crippen LogP contribution >= 0.6 is 22.6 Å². The van der Waals surface area contributed by atoms with E-state index in [9.17, 15) is 13.2 Å². The Morgan fingerprint density at radius 3 is 2.76 bits per heavy atom. The van der Waals surface area contributed by atoms with Crippen molar-refractivity contribution < 1.29 is 13.2 Å². The van der Waals surface area contributed by atoms with Crippen molar-refractivity contribution in [2.75, 3.05) is 16.8 Å². The highest BCUT2D eigenvalue weighted by Crippen LogP contribution is 2.20. The number of sulfone groups is 1.